The summed E-state index contributed by atoms with van der Waals surface area (Å²) in [7, 11) is 0. The first-order valence-electron chi connectivity index (χ1n) is 7.90. The highest BCUT2D eigenvalue weighted by atomic mass is 19.4. The molecule has 2 heterocycles. The van der Waals surface area contributed by atoms with Gasteiger partial charge in [-0.2, -0.15) is 26.3 Å². The van der Waals surface area contributed by atoms with Gasteiger partial charge in [-0.1, -0.05) is 0 Å². The van der Waals surface area contributed by atoms with Crippen molar-refractivity contribution in [1.29, 1.82) is 0 Å². The van der Waals surface area contributed by atoms with E-state index in [0.717, 1.165) is 4.57 Å². The molecule has 0 unspecified atom stereocenters. The number of aryl methyl sites for hydroxylation is 1. The number of aromatic nitrogens is 2. The van der Waals surface area contributed by atoms with E-state index in [9.17, 15) is 31.1 Å². The van der Waals surface area contributed by atoms with E-state index in [2.05, 4.69) is 4.98 Å². The summed E-state index contributed by atoms with van der Waals surface area (Å²) in [6.45, 7) is -1.25. The number of H-pyrrole nitrogens is 1. The lowest BCUT2D eigenvalue weighted by Gasteiger charge is -2.14. The maximum atomic E-state index is 13.5. The van der Waals surface area contributed by atoms with Crippen LogP contribution in [-0.2, 0) is 25.6 Å². The smallest absolute Gasteiger partial charge is 0.335 e. The summed E-state index contributed by atoms with van der Waals surface area (Å²) in [5, 5.41) is -0.0866. The Balaban J connectivity index is 2.18. The molecule has 3 nitrogen and oxygen atoms in total. The molecule has 1 aromatic carbocycles. The molecule has 138 valence electrons. The summed E-state index contributed by atoms with van der Waals surface area (Å²) in [6.07, 6.45) is -7.91. The summed E-state index contributed by atoms with van der Waals surface area (Å²) in [6, 6.07) is 3.04. The van der Waals surface area contributed by atoms with Crippen LogP contribution in [0.5, 0.6) is 0 Å². The molecule has 26 heavy (non-hydrogen) atoms. The van der Waals surface area contributed by atoms with Crippen molar-refractivity contribution >= 4 is 21.8 Å². The van der Waals surface area contributed by atoms with E-state index in [1.807, 2.05) is 0 Å². The van der Waals surface area contributed by atoms with Gasteiger partial charge in [0.2, 0.25) is 5.56 Å². The van der Waals surface area contributed by atoms with Gasteiger partial charge in [-0.3, -0.25) is 4.79 Å². The minimum Gasteiger partial charge on any atom is -0.335 e. The summed E-state index contributed by atoms with van der Waals surface area (Å²) in [4.78, 5) is 14.0. The fourth-order valence-corrected chi connectivity index (χ4v) is 3.90. The lowest BCUT2D eigenvalue weighted by molar-refractivity contribution is -0.140. The molecular weight excluding hydrogens is 362 g/mol. The first kappa shape index (κ1) is 17.0. The van der Waals surface area contributed by atoms with Gasteiger partial charge in [-0.15, -0.1) is 0 Å². The van der Waals surface area contributed by atoms with E-state index in [4.69, 9.17) is 0 Å². The van der Waals surface area contributed by atoms with Gasteiger partial charge in [0, 0.05) is 33.6 Å². The van der Waals surface area contributed by atoms with Crippen molar-refractivity contribution in [3.63, 3.8) is 0 Å². The van der Waals surface area contributed by atoms with Crippen molar-refractivity contribution in [1.82, 2.24) is 9.55 Å². The normalized spacial score (nSPS) is 15.2. The fraction of sp³-hybridized carbons (Fsp3) is 0.353. The number of hydrogen-bond acceptors (Lipinski definition) is 1. The van der Waals surface area contributed by atoms with Crippen LogP contribution in [0.2, 0.25) is 0 Å². The molecule has 0 amide bonds. The number of fused-ring (bicyclic) bond motifs is 5. The number of nitrogens with one attached hydrogen (secondary N) is 1. The van der Waals surface area contributed by atoms with Crippen LogP contribution >= 0.6 is 0 Å². The predicted molar refractivity (Wildman–Crippen MR) is 83.1 cm³/mol. The fourth-order valence-electron chi connectivity index (χ4n) is 3.90. The van der Waals surface area contributed by atoms with Gasteiger partial charge in [0.1, 0.15) is 6.54 Å². The second-order valence-electron chi connectivity index (χ2n) is 6.41. The quantitative estimate of drug-likeness (QED) is 0.624. The standard InChI is InChI=1S/C17H12F6N2O/c18-16(19,20)7-25-11-3-1-2-8(11)14-12(25)5-4-10-15(14)9(17(21,22)23)6-13(26)24-10/h4-6H,1-3,7H2,(H,24,26). The highest BCUT2D eigenvalue weighted by Crippen LogP contribution is 2.42. The van der Waals surface area contributed by atoms with E-state index < -0.39 is 30.0 Å². The van der Waals surface area contributed by atoms with Crippen molar-refractivity contribution < 1.29 is 26.3 Å². The first-order chi connectivity index (χ1) is 12.1. The Hall–Kier alpha value is -2.45. The maximum Gasteiger partial charge on any atom is 0.417 e. The van der Waals surface area contributed by atoms with E-state index in [1.54, 1.807) is 0 Å². The number of aromatic amines is 1. The zero-order valence-corrected chi connectivity index (χ0v) is 13.2. The summed E-state index contributed by atoms with van der Waals surface area (Å²) >= 11 is 0. The summed E-state index contributed by atoms with van der Waals surface area (Å²) in [5.41, 5.74) is -1.03. The molecule has 0 bridgehead atoms. The zero-order chi connectivity index (χ0) is 18.9. The molecule has 0 aliphatic heterocycles. The second kappa shape index (κ2) is 5.28. The van der Waals surface area contributed by atoms with Gasteiger partial charge < -0.3 is 9.55 Å². The zero-order valence-electron chi connectivity index (χ0n) is 13.2. The molecule has 1 aliphatic carbocycles. The van der Waals surface area contributed by atoms with Crippen molar-refractivity contribution in [2.45, 2.75) is 38.2 Å². The molecular formula is C17H12F6N2O. The van der Waals surface area contributed by atoms with Crippen LogP contribution < -0.4 is 5.56 Å². The predicted octanol–water partition coefficient (Wildman–Crippen LogP) is 4.55. The Morgan fingerprint density at radius 3 is 2.42 bits per heavy atom. The minimum atomic E-state index is -4.79. The van der Waals surface area contributed by atoms with Crippen LogP contribution in [0.1, 0.15) is 23.2 Å². The van der Waals surface area contributed by atoms with Crippen molar-refractivity contribution in [3.05, 3.63) is 45.4 Å². The van der Waals surface area contributed by atoms with Crippen LogP contribution in [0.4, 0.5) is 26.3 Å². The number of rotatable bonds is 1. The van der Waals surface area contributed by atoms with Crippen LogP contribution in [-0.4, -0.2) is 15.7 Å². The van der Waals surface area contributed by atoms with Gasteiger partial charge in [-0.25, -0.2) is 0 Å². The Morgan fingerprint density at radius 1 is 1.04 bits per heavy atom. The van der Waals surface area contributed by atoms with E-state index >= 15 is 0 Å². The third-order valence-corrected chi connectivity index (χ3v) is 4.74. The van der Waals surface area contributed by atoms with E-state index in [-0.39, 0.29) is 21.8 Å². The highest BCUT2D eigenvalue weighted by Gasteiger charge is 2.37. The second-order valence-corrected chi connectivity index (χ2v) is 6.41. The van der Waals surface area contributed by atoms with E-state index in [1.165, 1.54) is 12.1 Å². The average Bonchev–Trinajstić information content (AvgIpc) is 3.06. The maximum absolute atomic E-state index is 13.5. The van der Waals surface area contributed by atoms with Crippen molar-refractivity contribution in [3.8, 4) is 0 Å². The Kier molecular flexibility index (Phi) is 3.45. The Labute approximate surface area is 142 Å². The van der Waals surface area contributed by atoms with Crippen molar-refractivity contribution in [2.24, 2.45) is 0 Å². The topological polar surface area (TPSA) is 37.8 Å². The van der Waals surface area contributed by atoms with E-state index in [0.29, 0.717) is 36.6 Å². The molecule has 4 rings (SSSR count). The number of hydrogen-bond donors (Lipinski definition) is 1. The van der Waals surface area contributed by atoms with Crippen LogP contribution in [0, 0.1) is 0 Å². The van der Waals surface area contributed by atoms with Crippen LogP contribution in [0.15, 0.2) is 23.0 Å². The average molecular weight is 374 g/mol. The lowest BCUT2D eigenvalue weighted by atomic mass is 10.0. The number of pyridine rings is 1. The van der Waals surface area contributed by atoms with Crippen molar-refractivity contribution in [2.75, 3.05) is 0 Å². The highest BCUT2D eigenvalue weighted by molar-refractivity contribution is 6.10. The largest absolute Gasteiger partial charge is 0.417 e. The molecule has 0 atom stereocenters. The van der Waals surface area contributed by atoms with Crippen LogP contribution in [0.25, 0.3) is 21.8 Å². The first-order valence-corrected chi connectivity index (χ1v) is 7.90. The molecule has 1 N–H and O–H groups in total. The van der Waals surface area contributed by atoms with Gasteiger partial charge in [0.05, 0.1) is 5.56 Å². The molecule has 0 saturated heterocycles. The molecule has 0 saturated carbocycles. The molecule has 0 fully saturated rings. The molecule has 1 aliphatic rings. The number of alkyl halides is 6. The number of benzene rings is 1. The van der Waals surface area contributed by atoms with Gasteiger partial charge in [-0.05, 0) is 37.0 Å². The molecule has 0 radical (unpaired) electrons. The Bertz CT molecular complexity index is 1090. The van der Waals surface area contributed by atoms with Gasteiger partial charge in [0.15, 0.2) is 0 Å². The summed E-state index contributed by atoms with van der Waals surface area (Å²) < 4.78 is 80.6. The number of halogens is 6. The van der Waals surface area contributed by atoms with Crippen LogP contribution in [0.3, 0.4) is 0 Å². The lowest BCUT2D eigenvalue weighted by Crippen LogP contribution is -2.19. The Morgan fingerprint density at radius 2 is 1.77 bits per heavy atom. The van der Waals surface area contributed by atoms with Gasteiger partial charge >= 0.3 is 12.4 Å². The molecule has 3 aromatic rings. The molecule has 9 heteroatoms. The monoisotopic (exact) mass is 374 g/mol. The summed E-state index contributed by atoms with van der Waals surface area (Å²) in [5.74, 6) is 0. The SMILES string of the molecule is O=c1cc(C(F)(F)F)c2c(ccc3c2c2c(n3CC(F)(F)F)CCC2)[nH]1. The third-order valence-electron chi connectivity index (χ3n) is 4.74. The third kappa shape index (κ3) is 2.57. The van der Waals surface area contributed by atoms with Gasteiger partial charge in [0.25, 0.3) is 0 Å². The molecule has 2 aromatic heterocycles. The number of nitrogens with zero attached hydrogens (tertiary/aromatic N) is 1. The molecule has 0 spiro atoms. The minimum absolute atomic E-state index is 0.0313.